The number of anilines is 1. The predicted octanol–water partition coefficient (Wildman–Crippen LogP) is 1.53. The zero-order valence-corrected chi connectivity index (χ0v) is 10.2. The average molecular weight is 236 g/mol. The maximum atomic E-state index is 10.5. The van der Waals surface area contributed by atoms with Crippen LogP contribution in [-0.4, -0.2) is 28.9 Å². The molecule has 94 valence electrons. The van der Waals surface area contributed by atoms with Gasteiger partial charge in [-0.1, -0.05) is 0 Å². The zero-order chi connectivity index (χ0) is 12.3. The summed E-state index contributed by atoms with van der Waals surface area (Å²) in [5, 5.41) is 10.5. The van der Waals surface area contributed by atoms with Crippen LogP contribution < -0.4 is 5.73 Å². The Bertz CT molecular complexity index is 373. The summed E-state index contributed by atoms with van der Waals surface area (Å²) >= 11 is 0. The summed E-state index contributed by atoms with van der Waals surface area (Å²) in [7, 11) is 1.73. The van der Waals surface area contributed by atoms with Gasteiger partial charge in [-0.2, -0.15) is 0 Å². The molecule has 4 nitrogen and oxygen atoms in total. The lowest BCUT2D eigenvalue weighted by molar-refractivity contribution is -0.0426. The molecule has 0 bridgehead atoms. The fourth-order valence-corrected chi connectivity index (χ4v) is 2.48. The molecule has 0 saturated heterocycles. The molecule has 1 aromatic rings. The Balaban J connectivity index is 2.01. The summed E-state index contributed by atoms with van der Waals surface area (Å²) in [6, 6.07) is 1.78. The van der Waals surface area contributed by atoms with E-state index in [0.717, 1.165) is 31.2 Å². The molecule has 0 unspecified atom stereocenters. The van der Waals surface area contributed by atoms with Gasteiger partial charge in [-0.05, 0) is 37.3 Å². The third kappa shape index (κ3) is 2.96. The van der Waals surface area contributed by atoms with Crippen molar-refractivity contribution in [2.24, 2.45) is 0 Å². The second-order valence-electron chi connectivity index (χ2n) is 4.91. The minimum atomic E-state index is -0.647. The molecule has 0 atom stereocenters. The zero-order valence-electron chi connectivity index (χ0n) is 10.2. The van der Waals surface area contributed by atoms with Crippen LogP contribution in [0.4, 0.5) is 5.69 Å². The fraction of sp³-hybridized carbons (Fsp3) is 0.615. The topological polar surface area (TPSA) is 68.4 Å². The van der Waals surface area contributed by atoms with Crippen LogP contribution in [-0.2, 0) is 11.2 Å². The number of methoxy groups -OCH3 is 1. The lowest BCUT2D eigenvalue weighted by Crippen LogP contribution is -2.38. The molecular weight excluding hydrogens is 216 g/mol. The number of pyridine rings is 1. The van der Waals surface area contributed by atoms with E-state index in [1.165, 1.54) is 0 Å². The summed E-state index contributed by atoms with van der Waals surface area (Å²) in [6.07, 6.45) is 7.64. The van der Waals surface area contributed by atoms with Crippen molar-refractivity contribution in [3.63, 3.8) is 0 Å². The van der Waals surface area contributed by atoms with Crippen LogP contribution in [0.1, 0.15) is 31.2 Å². The first-order chi connectivity index (χ1) is 8.13. The number of aromatic nitrogens is 1. The van der Waals surface area contributed by atoms with Crippen molar-refractivity contribution in [2.45, 2.75) is 43.8 Å². The number of nitrogens with zero attached hydrogens (tertiary/aromatic N) is 1. The van der Waals surface area contributed by atoms with E-state index < -0.39 is 5.60 Å². The van der Waals surface area contributed by atoms with Crippen molar-refractivity contribution < 1.29 is 9.84 Å². The van der Waals surface area contributed by atoms with Crippen LogP contribution in [0.25, 0.3) is 0 Å². The second kappa shape index (κ2) is 5.02. The van der Waals surface area contributed by atoms with Crippen molar-refractivity contribution in [3.8, 4) is 0 Å². The molecule has 1 aromatic heterocycles. The van der Waals surface area contributed by atoms with Gasteiger partial charge in [0.25, 0.3) is 0 Å². The number of hydrogen-bond donors (Lipinski definition) is 2. The normalized spacial score (nSPS) is 29.2. The second-order valence-corrected chi connectivity index (χ2v) is 4.91. The van der Waals surface area contributed by atoms with E-state index in [4.69, 9.17) is 10.5 Å². The van der Waals surface area contributed by atoms with Crippen molar-refractivity contribution in [1.29, 1.82) is 0 Å². The van der Waals surface area contributed by atoms with E-state index in [2.05, 4.69) is 4.98 Å². The molecule has 0 amide bonds. The van der Waals surface area contributed by atoms with Crippen LogP contribution in [0.15, 0.2) is 18.5 Å². The number of aliphatic hydroxyl groups is 1. The van der Waals surface area contributed by atoms with Gasteiger partial charge in [0, 0.05) is 31.6 Å². The van der Waals surface area contributed by atoms with E-state index in [1.807, 2.05) is 0 Å². The summed E-state index contributed by atoms with van der Waals surface area (Å²) in [4.78, 5) is 4.06. The van der Waals surface area contributed by atoms with Gasteiger partial charge in [0.1, 0.15) is 0 Å². The van der Waals surface area contributed by atoms with E-state index in [0.29, 0.717) is 18.2 Å². The summed E-state index contributed by atoms with van der Waals surface area (Å²) in [5.74, 6) is 0. The number of nitrogens with two attached hydrogens (primary N) is 1. The smallest absolute Gasteiger partial charge is 0.0691 e. The lowest BCUT2D eigenvalue weighted by Gasteiger charge is -2.35. The first-order valence-electron chi connectivity index (χ1n) is 6.06. The third-order valence-electron chi connectivity index (χ3n) is 3.66. The Morgan fingerprint density at radius 3 is 2.82 bits per heavy atom. The lowest BCUT2D eigenvalue weighted by atomic mass is 9.79. The van der Waals surface area contributed by atoms with Crippen LogP contribution in [0, 0.1) is 0 Å². The number of rotatable bonds is 3. The number of hydrogen-bond acceptors (Lipinski definition) is 4. The Morgan fingerprint density at radius 2 is 2.24 bits per heavy atom. The monoisotopic (exact) mass is 236 g/mol. The molecule has 0 spiro atoms. The largest absolute Gasteiger partial charge is 0.398 e. The Morgan fingerprint density at radius 1 is 1.53 bits per heavy atom. The van der Waals surface area contributed by atoms with E-state index >= 15 is 0 Å². The Kier molecular flexibility index (Phi) is 3.64. The van der Waals surface area contributed by atoms with Crippen molar-refractivity contribution in [3.05, 3.63) is 24.0 Å². The van der Waals surface area contributed by atoms with Crippen molar-refractivity contribution in [2.75, 3.05) is 12.8 Å². The van der Waals surface area contributed by atoms with Gasteiger partial charge in [0.15, 0.2) is 0 Å². The van der Waals surface area contributed by atoms with Crippen molar-refractivity contribution in [1.82, 2.24) is 4.98 Å². The van der Waals surface area contributed by atoms with Gasteiger partial charge in [-0.3, -0.25) is 4.98 Å². The minimum absolute atomic E-state index is 0.293. The molecule has 0 aliphatic heterocycles. The number of ether oxygens (including phenoxy) is 1. The van der Waals surface area contributed by atoms with Gasteiger partial charge in [0.05, 0.1) is 11.7 Å². The molecule has 0 radical (unpaired) electrons. The first-order valence-corrected chi connectivity index (χ1v) is 6.06. The van der Waals surface area contributed by atoms with Gasteiger partial charge in [0.2, 0.25) is 0 Å². The highest BCUT2D eigenvalue weighted by Gasteiger charge is 2.33. The van der Waals surface area contributed by atoms with Gasteiger partial charge in [-0.15, -0.1) is 0 Å². The molecule has 2 rings (SSSR count). The standard InChI is InChI=1S/C13H20N2O2/c1-17-11-2-5-13(16,6-3-11)8-10-9-15-7-4-12(10)14/h4,7,9,11,16H,2-3,5-6,8H2,1H3,(H2,14,15). The van der Waals surface area contributed by atoms with Crippen LogP contribution in [0.2, 0.25) is 0 Å². The van der Waals surface area contributed by atoms with E-state index in [1.54, 1.807) is 25.6 Å². The molecule has 1 fully saturated rings. The SMILES string of the molecule is COC1CCC(O)(Cc2cnccc2N)CC1. The molecule has 4 heteroatoms. The highest BCUT2D eigenvalue weighted by Crippen LogP contribution is 2.33. The molecule has 1 heterocycles. The molecule has 1 aliphatic carbocycles. The van der Waals surface area contributed by atoms with Gasteiger partial charge >= 0.3 is 0 Å². The number of nitrogen functional groups attached to an aromatic ring is 1. The molecular formula is C13H20N2O2. The summed E-state index contributed by atoms with van der Waals surface area (Å²) in [6.45, 7) is 0. The first kappa shape index (κ1) is 12.3. The fourth-order valence-electron chi connectivity index (χ4n) is 2.48. The van der Waals surface area contributed by atoms with Gasteiger partial charge in [-0.25, -0.2) is 0 Å². The minimum Gasteiger partial charge on any atom is -0.398 e. The molecule has 0 aromatic carbocycles. The maximum Gasteiger partial charge on any atom is 0.0691 e. The van der Waals surface area contributed by atoms with Crippen LogP contribution in [0.3, 0.4) is 0 Å². The van der Waals surface area contributed by atoms with Crippen LogP contribution in [0.5, 0.6) is 0 Å². The molecule has 3 N–H and O–H groups in total. The van der Waals surface area contributed by atoms with E-state index in [-0.39, 0.29) is 0 Å². The molecule has 1 aliphatic rings. The quantitative estimate of drug-likeness (QED) is 0.835. The van der Waals surface area contributed by atoms with Crippen LogP contribution >= 0.6 is 0 Å². The Labute approximate surface area is 102 Å². The van der Waals surface area contributed by atoms with Crippen molar-refractivity contribution >= 4 is 5.69 Å². The molecule has 1 saturated carbocycles. The third-order valence-corrected chi connectivity index (χ3v) is 3.66. The van der Waals surface area contributed by atoms with E-state index in [9.17, 15) is 5.11 Å². The maximum absolute atomic E-state index is 10.5. The predicted molar refractivity (Wildman–Crippen MR) is 66.6 cm³/mol. The van der Waals surface area contributed by atoms with Gasteiger partial charge < -0.3 is 15.6 Å². The average Bonchev–Trinajstić information content (AvgIpc) is 2.33. The summed E-state index contributed by atoms with van der Waals surface area (Å²) < 4.78 is 5.31. The molecule has 17 heavy (non-hydrogen) atoms. The summed E-state index contributed by atoms with van der Waals surface area (Å²) in [5.41, 5.74) is 6.87. The highest BCUT2D eigenvalue weighted by molar-refractivity contribution is 5.45. The Hall–Kier alpha value is -1.13. The highest BCUT2D eigenvalue weighted by atomic mass is 16.5.